The topological polar surface area (TPSA) is 61.9 Å². The Kier molecular flexibility index (Phi) is 6.27. The zero-order valence-electron chi connectivity index (χ0n) is 15.7. The SMILES string of the molecule is CC(=O)N[C@H]1CN(C(=O)c2ccccc2N2CCOCC2)C[C@@H]1C1CC1.Cl. The summed E-state index contributed by atoms with van der Waals surface area (Å²) in [5.74, 6) is 1.10. The maximum absolute atomic E-state index is 13.3. The van der Waals surface area contributed by atoms with E-state index in [1.807, 2.05) is 29.2 Å². The highest BCUT2D eigenvalue weighted by Crippen LogP contribution is 2.42. The van der Waals surface area contributed by atoms with Crippen LogP contribution in [0.3, 0.4) is 0 Å². The van der Waals surface area contributed by atoms with Gasteiger partial charge in [0.25, 0.3) is 5.91 Å². The minimum Gasteiger partial charge on any atom is -0.378 e. The molecule has 1 N–H and O–H groups in total. The summed E-state index contributed by atoms with van der Waals surface area (Å²) in [7, 11) is 0. The molecular weight excluding hydrogens is 366 g/mol. The number of hydrogen-bond acceptors (Lipinski definition) is 4. The van der Waals surface area contributed by atoms with Crippen molar-refractivity contribution in [3.8, 4) is 0 Å². The zero-order chi connectivity index (χ0) is 18.1. The van der Waals surface area contributed by atoms with E-state index in [2.05, 4.69) is 10.2 Å². The fourth-order valence-electron chi connectivity index (χ4n) is 4.32. The molecule has 2 heterocycles. The number of hydrogen-bond donors (Lipinski definition) is 1. The first-order chi connectivity index (χ1) is 12.6. The van der Waals surface area contributed by atoms with Crippen molar-refractivity contribution in [1.82, 2.24) is 10.2 Å². The highest BCUT2D eigenvalue weighted by Gasteiger charge is 2.44. The van der Waals surface area contributed by atoms with E-state index in [0.29, 0.717) is 31.6 Å². The zero-order valence-corrected chi connectivity index (χ0v) is 16.5. The van der Waals surface area contributed by atoms with Crippen LogP contribution in [0.4, 0.5) is 5.69 Å². The smallest absolute Gasteiger partial charge is 0.256 e. The van der Waals surface area contributed by atoms with Crippen LogP contribution >= 0.6 is 12.4 Å². The van der Waals surface area contributed by atoms with Gasteiger partial charge in [-0.15, -0.1) is 12.4 Å². The number of para-hydroxylation sites is 1. The quantitative estimate of drug-likeness (QED) is 0.849. The highest BCUT2D eigenvalue weighted by atomic mass is 35.5. The van der Waals surface area contributed by atoms with Crippen molar-refractivity contribution in [2.45, 2.75) is 25.8 Å². The molecule has 148 valence electrons. The second-order valence-electron chi connectivity index (χ2n) is 7.64. The number of rotatable bonds is 4. The van der Waals surface area contributed by atoms with Gasteiger partial charge in [-0.2, -0.15) is 0 Å². The molecule has 7 heteroatoms. The molecule has 1 saturated carbocycles. The van der Waals surface area contributed by atoms with Crippen LogP contribution in [-0.2, 0) is 9.53 Å². The Hall–Kier alpha value is -1.79. The van der Waals surface area contributed by atoms with Gasteiger partial charge in [-0.05, 0) is 30.9 Å². The lowest BCUT2D eigenvalue weighted by Gasteiger charge is -2.31. The molecule has 0 radical (unpaired) electrons. The average molecular weight is 394 g/mol. The molecule has 2 atom stereocenters. The van der Waals surface area contributed by atoms with E-state index in [0.717, 1.165) is 30.9 Å². The summed E-state index contributed by atoms with van der Waals surface area (Å²) in [6.45, 7) is 5.92. The Morgan fingerprint density at radius 2 is 1.81 bits per heavy atom. The Morgan fingerprint density at radius 1 is 1.11 bits per heavy atom. The standard InChI is InChI=1S/C20H27N3O3.ClH/c1-14(24)21-18-13-23(12-17(18)15-6-7-15)20(25)16-4-2-3-5-19(16)22-8-10-26-11-9-22;/h2-5,15,17-18H,6-13H2,1H3,(H,21,24);1H/t17-,18+;/m1./s1. The lowest BCUT2D eigenvalue weighted by atomic mass is 9.98. The van der Waals surface area contributed by atoms with Crippen LogP contribution in [0.15, 0.2) is 24.3 Å². The van der Waals surface area contributed by atoms with Gasteiger partial charge in [0, 0.05) is 44.7 Å². The molecule has 1 aromatic carbocycles. The van der Waals surface area contributed by atoms with E-state index in [1.54, 1.807) is 6.92 Å². The summed E-state index contributed by atoms with van der Waals surface area (Å²) < 4.78 is 5.44. The number of ether oxygens (including phenoxy) is 1. The molecule has 0 spiro atoms. The van der Waals surface area contributed by atoms with E-state index in [-0.39, 0.29) is 30.3 Å². The molecule has 0 aromatic heterocycles. The third kappa shape index (κ3) is 4.38. The van der Waals surface area contributed by atoms with E-state index in [4.69, 9.17) is 4.74 Å². The monoisotopic (exact) mass is 393 g/mol. The summed E-state index contributed by atoms with van der Waals surface area (Å²) in [6.07, 6.45) is 2.43. The predicted molar refractivity (Wildman–Crippen MR) is 106 cm³/mol. The minimum absolute atomic E-state index is 0. The van der Waals surface area contributed by atoms with Gasteiger partial charge in [0.15, 0.2) is 0 Å². The molecule has 1 aliphatic carbocycles. The number of likely N-dealkylation sites (tertiary alicyclic amines) is 1. The molecule has 0 bridgehead atoms. The van der Waals surface area contributed by atoms with Gasteiger partial charge in [0.2, 0.25) is 5.91 Å². The third-order valence-corrected chi connectivity index (χ3v) is 5.75. The normalized spacial score (nSPS) is 25.1. The summed E-state index contributed by atoms with van der Waals surface area (Å²) in [5.41, 5.74) is 1.75. The Morgan fingerprint density at radius 3 is 2.48 bits per heavy atom. The Balaban J connectivity index is 0.00000210. The number of halogens is 1. The van der Waals surface area contributed by atoms with E-state index < -0.39 is 0 Å². The third-order valence-electron chi connectivity index (χ3n) is 5.75. The number of amides is 2. The number of morpholine rings is 1. The molecule has 3 fully saturated rings. The molecule has 4 rings (SSSR count). The van der Waals surface area contributed by atoms with E-state index >= 15 is 0 Å². The lowest BCUT2D eigenvalue weighted by molar-refractivity contribution is -0.119. The van der Waals surface area contributed by atoms with Crippen molar-refractivity contribution in [3.05, 3.63) is 29.8 Å². The van der Waals surface area contributed by atoms with Crippen LogP contribution in [0.2, 0.25) is 0 Å². The molecular formula is C20H28ClN3O3. The second kappa shape index (κ2) is 8.48. The second-order valence-corrected chi connectivity index (χ2v) is 7.64. The van der Waals surface area contributed by atoms with Crippen LogP contribution in [-0.4, -0.2) is 62.1 Å². The predicted octanol–water partition coefficient (Wildman–Crippen LogP) is 1.93. The van der Waals surface area contributed by atoms with Crippen LogP contribution in [0.1, 0.15) is 30.1 Å². The summed E-state index contributed by atoms with van der Waals surface area (Å²) in [5, 5.41) is 3.07. The fourth-order valence-corrected chi connectivity index (χ4v) is 4.32. The van der Waals surface area contributed by atoms with Gasteiger partial charge in [-0.25, -0.2) is 0 Å². The van der Waals surface area contributed by atoms with Crippen LogP contribution < -0.4 is 10.2 Å². The van der Waals surface area contributed by atoms with Crippen molar-refractivity contribution in [2.75, 3.05) is 44.3 Å². The van der Waals surface area contributed by atoms with Crippen LogP contribution in [0.25, 0.3) is 0 Å². The van der Waals surface area contributed by atoms with Crippen molar-refractivity contribution in [3.63, 3.8) is 0 Å². The first-order valence-corrected chi connectivity index (χ1v) is 9.61. The van der Waals surface area contributed by atoms with Gasteiger partial charge < -0.3 is 19.9 Å². The number of nitrogens with one attached hydrogen (secondary N) is 1. The first-order valence-electron chi connectivity index (χ1n) is 9.61. The number of nitrogens with zero attached hydrogens (tertiary/aromatic N) is 2. The number of anilines is 1. The summed E-state index contributed by atoms with van der Waals surface area (Å²) in [4.78, 5) is 29.0. The number of benzene rings is 1. The van der Waals surface area contributed by atoms with Crippen molar-refractivity contribution >= 4 is 29.9 Å². The molecule has 27 heavy (non-hydrogen) atoms. The van der Waals surface area contributed by atoms with Crippen molar-refractivity contribution in [1.29, 1.82) is 0 Å². The summed E-state index contributed by atoms with van der Waals surface area (Å²) in [6, 6.07) is 7.94. The van der Waals surface area contributed by atoms with Crippen LogP contribution in [0.5, 0.6) is 0 Å². The molecule has 0 unspecified atom stereocenters. The van der Waals surface area contributed by atoms with Gasteiger partial charge >= 0.3 is 0 Å². The number of carbonyl (C=O) groups is 2. The highest BCUT2D eigenvalue weighted by molar-refractivity contribution is 6.00. The van der Waals surface area contributed by atoms with Gasteiger partial charge in [-0.3, -0.25) is 9.59 Å². The lowest BCUT2D eigenvalue weighted by Crippen LogP contribution is -2.41. The fraction of sp³-hybridized carbons (Fsp3) is 0.600. The molecule has 2 aliphatic heterocycles. The van der Waals surface area contributed by atoms with Gasteiger partial charge in [0.05, 0.1) is 24.8 Å². The maximum Gasteiger partial charge on any atom is 0.256 e. The van der Waals surface area contributed by atoms with Crippen molar-refractivity contribution < 1.29 is 14.3 Å². The Labute approximate surface area is 166 Å². The number of carbonyl (C=O) groups excluding carboxylic acids is 2. The van der Waals surface area contributed by atoms with Gasteiger partial charge in [-0.1, -0.05) is 12.1 Å². The first kappa shape index (κ1) is 20.0. The van der Waals surface area contributed by atoms with E-state index in [9.17, 15) is 9.59 Å². The molecule has 2 amide bonds. The molecule has 3 aliphatic rings. The maximum atomic E-state index is 13.3. The van der Waals surface area contributed by atoms with Crippen LogP contribution in [0, 0.1) is 11.8 Å². The summed E-state index contributed by atoms with van der Waals surface area (Å²) >= 11 is 0. The largest absolute Gasteiger partial charge is 0.378 e. The molecule has 2 saturated heterocycles. The average Bonchev–Trinajstić information content (AvgIpc) is 3.42. The van der Waals surface area contributed by atoms with Crippen molar-refractivity contribution in [2.24, 2.45) is 11.8 Å². The Bertz CT molecular complexity index is 689. The molecule has 6 nitrogen and oxygen atoms in total. The van der Waals surface area contributed by atoms with E-state index in [1.165, 1.54) is 12.8 Å². The minimum atomic E-state index is -0.0105. The van der Waals surface area contributed by atoms with Gasteiger partial charge in [0.1, 0.15) is 0 Å². The molecule has 1 aromatic rings.